The van der Waals surface area contributed by atoms with E-state index in [9.17, 15) is 9.59 Å². The van der Waals surface area contributed by atoms with Gasteiger partial charge in [-0.1, -0.05) is 52.3 Å². The Morgan fingerprint density at radius 2 is 1.56 bits per heavy atom. The molecule has 0 unspecified atom stereocenters. The molecular formula is C19H22BrN3O2. The highest BCUT2D eigenvalue weighted by Crippen LogP contribution is 2.19. The lowest BCUT2D eigenvalue weighted by molar-refractivity contribution is -0.127. The second-order valence-corrected chi connectivity index (χ2v) is 6.85. The first-order chi connectivity index (χ1) is 11.9. The van der Waals surface area contributed by atoms with Crippen LogP contribution < -0.4 is 5.32 Å². The maximum Gasteiger partial charge on any atom is 0.321 e. The molecule has 0 spiro atoms. The van der Waals surface area contributed by atoms with Crippen LogP contribution in [0, 0.1) is 0 Å². The molecule has 2 rings (SSSR count). The Hall–Kier alpha value is -2.34. The summed E-state index contributed by atoms with van der Waals surface area (Å²) in [5, 5.41) is 2.90. The first-order valence-electron chi connectivity index (χ1n) is 7.92. The summed E-state index contributed by atoms with van der Waals surface area (Å²) in [6.07, 6.45) is 0.247. The van der Waals surface area contributed by atoms with Crippen LogP contribution in [0.3, 0.4) is 0 Å². The molecular weight excluding hydrogens is 382 g/mol. The fraction of sp³-hybridized carbons (Fsp3) is 0.263. The first kappa shape index (κ1) is 19.0. The molecule has 0 bridgehead atoms. The summed E-state index contributed by atoms with van der Waals surface area (Å²) in [4.78, 5) is 27.6. The predicted molar refractivity (Wildman–Crippen MR) is 103 cm³/mol. The minimum absolute atomic E-state index is 0.0109. The van der Waals surface area contributed by atoms with E-state index < -0.39 is 0 Å². The molecule has 0 heterocycles. The zero-order valence-corrected chi connectivity index (χ0v) is 16.2. The molecule has 2 aromatic carbocycles. The summed E-state index contributed by atoms with van der Waals surface area (Å²) >= 11 is 3.49. The van der Waals surface area contributed by atoms with Gasteiger partial charge in [0.15, 0.2) is 0 Å². The lowest BCUT2D eigenvalue weighted by Crippen LogP contribution is -2.31. The zero-order valence-electron chi connectivity index (χ0n) is 14.6. The average molecular weight is 404 g/mol. The van der Waals surface area contributed by atoms with Gasteiger partial charge in [0.25, 0.3) is 0 Å². The molecule has 0 saturated carbocycles. The van der Waals surface area contributed by atoms with Crippen LogP contribution in [0.5, 0.6) is 0 Å². The number of benzene rings is 2. The Kier molecular flexibility index (Phi) is 6.58. The van der Waals surface area contributed by atoms with Gasteiger partial charge >= 0.3 is 6.03 Å². The maximum atomic E-state index is 12.5. The zero-order chi connectivity index (χ0) is 18.4. The summed E-state index contributed by atoms with van der Waals surface area (Å²) < 4.78 is 0.964. The Morgan fingerprint density at radius 3 is 2.20 bits per heavy atom. The normalized spacial score (nSPS) is 10.2. The van der Waals surface area contributed by atoms with Gasteiger partial charge in [0.1, 0.15) is 0 Å². The lowest BCUT2D eigenvalue weighted by atomic mass is 10.1. The van der Waals surface area contributed by atoms with E-state index in [1.165, 1.54) is 4.90 Å². The number of para-hydroxylation sites is 1. The van der Waals surface area contributed by atoms with Crippen molar-refractivity contribution in [2.75, 3.05) is 26.5 Å². The Labute approximate surface area is 156 Å². The minimum atomic E-state index is -0.222. The molecule has 0 aromatic heterocycles. The second kappa shape index (κ2) is 8.67. The lowest BCUT2D eigenvalue weighted by Gasteiger charge is -2.20. The van der Waals surface area contributed by atoms with E-state index >= 15 is 0 Å². The summed E-state index contributed by atoms with van der Waals surface area (Å²) in [7, 11) is 5.17. The molecule has 1 N–H and O–H groups in total. The molecule has 0 fully saturated rings. The quantitative estimate of drug-likeness (QED) is 0.826. The smallest absolute Gasteiger partial charge is 0.321 e. The van der Waals surface area contributed by atoms with Crippen molar-refractivity contribution in [3.63, 3.8) is 0 Å². The van der Waals surface area contributed by atoms with Crippen molar-refractivity contribution in [1.82, 2.24) is 9.80 Å². The first-order valence-corrected chi connectivity index (χ1v) is 8.71. The van der Waals surface area contributed by atoms with Crippen LogP contribution in [-0.4, -0.2) is 42.9 Å². The fourth-order valence-electron chi connectivity index (χ4n) is 2.28. The second-order valence-electron chi connectivity index (χ2n) is 6.00. The third-order valence-electron chi connectivity index (χ3n) is 3.81. The fourth-order valence-corrected chi connectivity index (χ4v) is 2.69. The van der Waals surface area contributed by atoms with Gasteiger partial charge in [-0.15, -0.1) is 0 Å². The number of rotatable bonds is 5. The van der Waals surface area contributed by atoms with E-state index in [0.29, 0.717) is 12.2 Å². The van der Waals surface area contributed by atoms with Gasteiger partial charge in [0.2, 0.25) is 5.91 Å². The monoisotopic (exact) mass is 403 g/mol. The van der Waals surface area contributed by atoms with Crippen molar-refractivity contribution in [2.24, 2.45) is 0 Å². The number of hydrogen-bond donors (Lipinski definition) is 1. The maximum absolute atomic E-state index is 12.5. The number of hydrogen-bond acceptors (Lipinski definition) is 2. The van der Waals surface area contributed by atoms with Crippen LogP contribution >= 0.6 is 15.9 Å². The van der Waals surface area contributed by atoms with Crippen molar-refractivity contribution in [3.05, 3.63) is 64.1 Å². The molecule has 0 aliphatic rings. The summed E-state index contributed by atoms with van der Waals surface area (Å²) in [5.41, 5.74) is 2.47. The molecule has 132 valence electrons. The summed E-state index contributed by atoms with van der Waals surface area (Å²) in [6, 6.07) is 14.9. The number of anilines is 1. The minimum Gasteiger partial charge on any atom is -0.349 e. The topological polar surface area (TPSA) is 52.7 Å². The van der Waals surface area contributed by atoms with Gasteiger partial charge in [-0.3, -0.25) is 4.79 Å². The molecule has 0 aliphatic heterocycles. The van der Waals surface area contributed by atoms with Crippen LogP contribution in [-0.2, 0) is 17.8 Å². The molecule has 0 radical (unpaired) electrons. The number of amides is 3. The average Bonchev–Trinajstić information content (AvgIpc) is 2.58. The predicted octanol–water partition coefficient (Wildman–Crippen LogP) is 3.74. The number of carbonyl (C=O) groups excluding carboxylic acids is 2. The van der Waals surface area contributed by atoms with Crippen molar-refractivity contribution >= 4 is 33.6 Å². The van der Waals surface area contributed by atoms with Crippen molar-refractivity contribution in [3.8, 4) is 0 Å². The van der Waals surface area contributed by atoms with Crippen molar-refractivity contribution in [1.29, 1.82) is 0 Å². The number of carbonyl (C=O) groups is 2. The van der Waals surface area contributed by atoms with E-state index in [1.807, 2.05) is 48.5 Å². The van der Waals surface area contributed by atoms with Gasteiger partial charge in [0, 0.05) is 37.8 Å². The molecule has 0 aliphatic carbocycles. The highest BCUT2D eigenvalue weighted by atomic mass is 79.9. The van der Waals surface area contributed by atoms with Crippen LogP contribution in [0.15, 0.2) is 53.0 Å². The van der Waals surface area contributed by atoms with Crippen LogP contribution in [0.2, 0.25) is 0 Å². The van der Waals surface area contributed by atoms with E-state index in [2.05, 4.69) is 21.2 Å². The third-order valence-corrected chi connectivity index (χ3v) is 4.59. The Balaban J connectivity index is 2.07. The number of halogens is 1. The molecule has 3 amide bonds. The van der Waals surface area contributed by atoms with Gasteiger partial charge in [0.05, 0.1) is 6.42 Å². The van der Waals surface area contributed by atoms with E-state index in [4.69, 9.17) is 0 Å². The largest absolute Gasteiger partial charge is 0.349 e. The van der Waals surface area contributed by atoms with Crippen molar-refractivity contribution in [2.45, 2.75) is 13.0 Å². The molecule has 6 heteroatoms. The van der Waals surface area contributed by atoms with Gasteiger partial charge in [-0.25, -0.2) is 4.79 Å². The number of likely N-dealkylation sites (N-methyl/N-ethyl adjacent to an activating group) is 1. The standard InChI is InChI=1S/C19H22BrN3O2/c1-22(2)18(24)12-14-8-5-7-11-17(14)21-19(25)23(3)13-15-9-4-6-10-16(15)20/h4-11H,12-13H2,1-3H3,(H,21,25). The van der Waals surface area contributed by atoms with Crippen molar-refractivity contribution < 1.29 is 9.59 Å². The summed E-state index contributed by atoms with van der Waals surface area (Å²) in [5.74, 6) is -0.0109. The number of nitrogens with zero attached hydrogens (tertiary/aromatic N) is 2. The summed E-state index contributed by atoms with van der Waals surface area (Å²) in [6.45, 7) is 0.478. The molecule has 25 heavy (non-hydrogen) atoms. The van der Waals surface area contributed by atoms with E-state index in [1.54, 1.807) is 26.0 Å². The highest BCUT2D eigenvalue weighted by molar-refractivity contribution is 9.10. The SMILES string of the molecule is CN(C)C(=O)Cc1ccccc1NC(=O)N(C)Cc1ccccc1Br. The number of nitrogens with one attached hydrogen (secondary N) is 1. The van der Waals surface area contributed by atoms with Crippen LogP contribution in [0.1, 0.15) is 11.1 Å². The molecule has 2 aromatic rings. The third kappa shape index (κ3) is 5.32. The molecule has 0 atom stereocenters. The van der Waals surface area contributed by atoms with Crippen LogP contribution in [0.4, 0.5) is 10.5 Å². The van der Waals surface area contributed by atoms with Gasteiger partial charge in [-0.2, -0.15) is 0 Å². The number of urea groups is 1. The Bertz CT molecular complexity index is 762. The van der Waals surface area contributed by atoms with E-state index in [-0.39, 0.29) is 18.4 Å². The molecule has 5 nitrogen and oxygen atoms in total. The van der Waals surface area contributed by atoms with Gasteiger partial charge < -0.3 is 15.1 Å². The highest BCUT2D eigenvalue weighted by Gasteiger charge is 2.14. The van der Waals surface area contributed by atoms with E-state index in [0.717, 1.165) is 15.6 Å². The Morgan fingerprint density at radius 1 is 0.960 bits per heavy atom. The van der Waals surface area contributed by atoms with Gasteiger partial charge in [-0.05, 0) is 23.3 Å². The van der Waals surface area contributed by atoms with Crippen LogP contribution in [0.25, 0.3) is 0 Å². The molecule has 0 saturated heterocycles.